The van der Waals surface area contributed by atoms with Gasteiger partial charge in [-0.15, -0.1) is 0 Å². The maximum atomic E-state index is 3.89. The molecule has 2 atom stereocenters. The van der Waals surface area contributed by atoms with Crippen molar-refractivity contribution >= 4 is 15.9 Å². The molecule has 0 radical (unpaired) electrons. The standard InChI is InChI=1S/C10H17BrN2/c1-8(11)3-13-6-9-4-12(2)5-10(9)7-13/h9-10H,1,3-7H2,2H3/t9-,10+. The number of likely N-dealkylation sites (tertiary alicyclic amines) is 2. The first-order valence-electron chi connectivity index (χ1n) is 4.89. The van der Waals surface area contributed by atoms with Gasteiger partial charge in [0.05, 0.1) is 0 Å². The van der Waals surface area contributed by atoms with E-state index in [1.54, 1.807) is 0 Å². The molecule has 0 aromatic carbocycles. The van der Waals surface area contributed by atoms with Crippen LogP contribution < -0.4 is 0 Å². The summed E-state index contributed by atoms with van der Waals surface area (Å²) in [5.74, 6) is 1.83. The molecule has 2 fully saturated rings. The zero-order chi connectivity index (χ0) is 9.42. The maximum absolute atomic E-state index is 3.89. The first kappa shape index (κ1) is 9.69. The van der Waals surface area contributed by atoms with Gasteiger partial charge < -0.3 is 4.90 Å². The van der Waals surface area contributed by atoms with Gasteiger partial charge in [-0.3, -0.25) is 4.90 Å². The van der Waals surface area contributed by atoms with Crippen molar-refractivity contribution in [2.75, 3.05) is 39.8 Å². The molecule has 74 valence electrons. The Morgan fingerprint density at radius 1 is 1.31 bits per heavy atom. The maximum Gasteiger partial charge on any atom is 0.0294 e. The Hall–Kier alpha value is 0.140. The Balaban J connectivity index is 1.86. The van der Waals surface area contributed by atoms with Crippen LogP contribution in [0.4, 0.5) is 0 Å². The van der Waals surface area contributed by atoms with Gasteiger partial charge in [0, 0.05) is 37.2 Å². The van der Waals surface area contributed by atoms with E-state index in [2.05, 4.69) is 39.4 Å². The fourth-order valence-corrected chi connectivity index (χ4v) is 3.05. The van der Waals surface area contributed by atoms with E-state index in [-0.39, 0.29) is 0 Å². The Kier molecular flexibility index (Phi) is 2.77. The number of hydrogen-bond donors (Lipinski definition) is 0. The van der Waals surface area contributed by atoms with E-state index < -0.39 is 0 Å². The lowest BCUT2D eigenvalue weighted by Crippen LogP contribution is -2.27. The summed E-state index contributed by atoms with van der Waals surface area (Å²) in [7, 11) is 2.23. The first-order valence-corrected chi connectivity index (χ1v) is 5.68. The average molecular weight is 245 g/mol. The summed E-state index contributed by atoms with van der Waals surface area (Å²) >= 11 is 3.43. The molecule has 0 N–H and O–H groups in total. The topological polar surface area (TPSA) is 6.48 Å². The van der Waals surface area contributed by atoms with Crippen LogP contribution in [0.25, 0.3) is 0 Å². The van der Waals surface area contributed by atoms with Crippen LogP contribution in [0.2, 0.25) is 0 Å². The molecule has 2 nitrogen and oxygen atoms in total. The molecule has 13 heavy (non-hydrogen) atoms. The molecule has 2 heterocycles. The largest absolute Gasteiger partial charge is 0.306 e. The molecule has 0 bridgehead atoms. The van der Waals surface area contributed by atoms with Gasteiger partial charge in [0.1, 0.15) is 0 Å². The molecule has 0 amide bonds. The van der Waals surface area contributed by atoms with Crippen LogP contribution in [0.3, 0.4) is 0 Å². The van der Waals surface area contributed by atoms with E-state index in [4.69, 9.17) is 0 Å². The van der Waals surface area contributed by atoms with Gasteiger partial charge in [0.25, 0.3) is 0 Å². The molecule has 0 aromatic rings. The van der Waals surface area contributed by atoms with E-state index in [9.17, 15) is 0 Å². The summed E-state index contributed by atoms with van der Waals surface area (Å²) in [6.45, 7) is 10.0. The second-order valence-electron chi connectivity index (χ2n) is 4.45. The van der Waals surface area contributed by atoms with Crippen LogP contribution in [-0.2, 0) is 0 Å². The molecule has 0 saturated carbocycles. The summed E-state index contributed by atoms with van der Waals surface area (Å²) < 4.78 is 1.11. The monoisotopic (exact) mass is 244 g/mol. The van der Waals surface area contributed by atoms with Crippen molar-refractivity contribution in [3.05, 3.63) is 11.1 Å². The van der Waals surface area contributed by atoms with Crippen LogP contribution in [0.15, 0.2) is 11.1 Å². The number of rotatable bonds is 2. The van der Waals surface area contributed by atoms with Gasteiger partial charge in [-0.2, -0.15) is 0 Å². The predicted molar refractivity (Wildman–Crippen MR) is 59.0 cm³/mol. The summed E-state index contributed by atoms with van der Waals surface area (Å²) in [4.78, 5) is 4.97. The summed E-state index contributed by atoms with van der Waals surface area (Å²) in [6.07, 6.45) is 0. The van der Waals surface area contributed by atoms with E-state index >= 15 is 0 Å². The molecule has 0 aromatic heterocycles. The highest BCUT2D eigenvalue weighted by Crippen LogP contribution is 2.30. The smallest absolute Gasteiger partial charge is 0.0294 e. The SMILES string of the molecule is C=C(Br)CN1C[C@H]2CN(C)C[C@H]2C1. The van der Waals surface area contributed by atoms with Gasteiger partial charge in [0.15, 0.2) is 0 Å². The van der Waals surface area contributed by atoms with Crippen molar-refractivity contribution in [3.63, 3.8) is 0 Å². The molecule has 0 unspecified atom stereocenters. The fraction of sp³-hybridized carbons (Fsp3) is 0.800. The molecule has 2 saturated heterocycles. The Labute approximate surface area is 88.7 Å². The molecule has 2 aliphatic heterocycles. The van der Waals surface area contributed by atoms with Gasteiger partial charge >= 0.3 is 0 Å². The van der Waals surface area contributed by atoms with E-state index in [0.29, 0.717) is 0 Å². The van der Waals surface area contributed by atoms with Crippen molar-refractivity contribution in [2.24, 2.45) is 11.8 Å². The van der Waals surface area contributed by atoms with E-state index in [0.717, 1.165) is 22.9 Å². The molecule has 2 rings (SSSR count). The number of hydrogen-bond acceptors (Lipinski definition) is 2. The molecule has 0 aliphatic carbocycles. The fourth-order valence-electron chi connectivity index (χ4n) is 2.70. The minimum Gasteiger partial charge on any atom is -0.306 e. The number of halogens is 1. The number of nitrogens with zero attached hydrogens (tertiary/aromatic N) is 2. The Morgan fingerprint density at radius 3 is 2.31 bits per heavy atom. The lowest BCUT2D eigenvalue weighted by Gasteiger charge is -2.17. The molecular formula is C10H17BrN2. The second kappa shape index (κ2) is 3.71. The Morgan fingerprint density at radius 2 is 1.85 bits per heavy atom. The van der Waals surface area contributed by atoms with Gasteiger partial charge in [0.2, 0.25) is 0 Å². The summed E-state index contributed by atoms with van der Waals surface area (Å²) in [5, 5.41) is 0. The Bertz CT molecular complexity index is 203. The minimum absolute atomic E-state index is 0.914. The highest BCUT2D eigenvalue weighted by Gasteiger charge is 2.38. The van der Waals surface area contributed by atoms with Crippen LogP contribution in [0.5, 0.6) is 0 Å². The summed E-state index contributed by atoms with van der Waals surface area (Å²) in [6, 6.07) is 0. The van der Waals surface area contributed by atoms with Crippen molar-refractivity contribution in [2.45, 2.75) is 0 Å². The van der Waals surface area contributed by atoms with Crippen molar-refractivity contribution in [1.29, 1.82) is 0 Å². The molecule has 3 heteroatoms. The number of fused-ring (bicyclic) bond motifs is 1. The van der Waals surface area contributed by atoms with Gasteiger partial charge in [-0.25, -0.2) is 0 Å². The normalized spacial score (nSPS) is 35.2. The van der Waals surface area contributed by atoms with Crippen LogP contribution in [0, 0.1) is 11.8 Å². The van der Waals surface area contributed by atoms with Gasteiger partial charge in [-0.1, -0.05) is 22.5 Å². The molecule has 0 spiro atoms. The third-order valence-electron chi connectivity index (χ3n) is 3.14. The zero-order valence-corrected chi connectivity index (χ0v) is 9.76. The molecule has 2 aliphatic rings. The highest BCUT2D eigenvalue weighted by molar-refractivity contribution is 9.11. The second-order valence-corrected chi connectivity index (χ2v) is 5.57. The minimum atomic E-state index is 0.914. The lowest BCUT2D eigenvalue weighted by atomic mass is 10.0. The average Bonchev–Trinajstić information content (AvgIpc) is 2.41. The predicted octanol–water partition coefficient (Wildman–Crippen LogP) is 1.39. The van der Waals surface area contributed by atoms with Crippen LogP contribution in [-0.4, -0.2) is 49.6 Å². The van der Waals surface area contributed by atoms with E-state index in [1.165, 1.54) is 26.2 Å². The zero-order valence-electron chi connectivity index (χ0n) is 8.17. The van der Waals surface area contributed by atoms with Crippen molar-refractivity contribution < 1.29 is 0 Å². The van der Waals surface area contributed by atoms with Crippen molar-refractivity contribution in [1.82, 2.24) is 9.80 Å². The van der Waals surface area contributed by atoms with Crippen LogP contribution in [0.1, 0.15) is 0 Å². The van der Waals surface area contributed by atoms with E-state index in [1.807, 2.05) is 0 Å². The van der Waals surface area contributed by atoms with Gasteiger partial charge in [-0.05, 0) is 18.9 Å². The lowest BCUT2D eigenvalue weighted by molar-refractivity contribution is 0.297. The quantitative estimate of drug-likeness (QED) is 0.725. The highest BCUT2D eigenvalue weighted by atomic mass is 79.9. The first-order chi connectivity index (χ1) is 6.15. The van der Waals surface area contributed by atoms with Crippen LogP contribution >= 0.6 is 15.9 Å². The summed E-state index contributed by atoms with van der Waals surface area (Å²) in [5.41, 5.74) is 0. The molecular weight excluding hydrogens is 228 g/mol. The van der Waals surface area contributed by atoms with Crippen molar-refractivity contribution in [3.8, 4) is 0 Å². The third-order valence-corrected chi connectivity index (χ3v) is 3.39. The third kappa shape index (κ3) is 2.14.